The van der Waals surface area contributed by atoms with E-state index in [0.717, 1.165) is 0 Å². The number of carbonyl (C=O) groups excluding carboxylic acids is 2. The highest BCUT2D eigenvalue weighted by molar-refractivity contribution is 6.46. The molecule has 7 nitrogen and oxygen atoms in total. The molecule has 1 aliphatic heterocycles. The molecule has 1 amide bonds. The summed E-state index contributed by atoms with van der Waals surface area (Å²) in [6.07, 6.45) is 3.14. The lowest BCUT2D eigenvalue weighted by atomic mass is 9.94. The van der Waals surface area contributed by atoms with Gasteiger partial charge in [-0.2, -0.15) is 0 Å². The summed E-state index contributed by atoms with van der Waals surface area (Å²) in [6, 6.07) is 12.8. The predicted octanol–water partition coefficient (Wildman–Crippen LogP) is 3.86. The number of ketones is 1. The van der Waals surface area contributed by atoms with Crippen molar-refractivity contribution >= 4 is 17.4 Å². The van der Waals surface area contributed by atoms with Gasteiger partial charge in [-0.3, -0.25) is 14.6 Å². The molecule has 2 heterocycles. The van der Waals surface area contributed by atoms with Gasteiger partial charge >= 0.3 is 0 Å². The van der Waals surface area contributed by atoms with E-state index in [2.05, 4.69) is 4.98 Å². The Morgan fingerprint density at radius 3 is 2.55 bits per heavy atom. The van der Waals surface area contributed by atoms with Gasteiger partial charge in [0.2, 0.25) is 0 Å². The van der Waals surface area contributed by atoms with E-state index < -0.39 is 29.3 Å². The summed E-state index contributed by atoms with van der Waals surface area (Å²) in [6.45, 7) is 0.00788. The monoisotopic (exact) mass is 448 g/mol. The quantitative estimate of drug-likeness (QED) is 0.350. The number of aliphatic hydroxyl groups is 1. The van der Waals surface area contributed by atoms with Crippen LogP contribution in [0.15, 0.2) is 72.6 Å². The second kappa shape index (κ2) is 9.12. The minimum Gasteiger partial charge on any atom is -0.507 e. The number of methoxy groups -OCH3 is 2. The number of Topliss-reactive ketones (excluding diaryl/α,β-unsaturated/α-hetero) is 1. The lowest BCUT2D eigenvalue weighted by Crippen LogP contribution is -2.29. The summed E-state index contributed by atoms with van der Waals surface area (Å²) in [5.41, 5.74) is 0.703. The van der Waals surface area contributed by atoms with E-state index in [4.69, 9.17) is 9.47 Å². The smallest absolute Gasteiger partial charge is 0.295 e. The molecule has 0 unspecified atom stereocenters. The van der Waals surface area contributed by atoms with Crippen molar-refractivity contribution in [1.29, 1.82) is 0 Å². The third-order valence-electron chi connectivity index (χ3n) is 5.48. The van der Waals surface area contributed by atoms with Gasteiger partial charge in [0, 0.05) is 30.6 Å². The number of hydrogen-bond acceptors (Lipinski definition) is 6. The van der Waals surface area contributed by atoms with Gasteiger partial charge in [-0.25, -0.2) is 4.39 Å². The minimum absolute atomic E-state index is 0.00788. The standard InChI is InChI=1S/C25H21FN2O5/c1-32-16-9-10-18(20(12-16)33-2)23(29)21-22(17-7-3-4-8-19(17)26)28(25(31)24(21)30)14-15-6-5-11-27-13-15/h3-13,22,29H,14H2,1-2H3/t22-/m0/s1. The normalized spacial score (nSPS) is 17.3. The van der Waals surface area contributed by atoms with Gasteiger partial charge in [-0.15, -0.1) is 0 Å². The first-order valence-corrected chi connectivity index (χ1v) is 10.1. The first-order valence-electron chi connectivity index (χ1n) is 10.1. The van der Waals surface area contributed by atoms with Crippen molar-refractivity contribution in [3.8, 4) is 11.5 Å². The first kappa shape index (κ1) is 22.0. The SMILES string of the molecule is COc1ccc(C(O)=C2C(=O)C(=O)N(Cc3cccnc3)[C@H]2c2ccccc2F)c(OC)c1. The van der Waals surface area contributed by atoms with Crippen molar-refractivity contribution in [2.75, 3.05) is 14.2 Å². The molecule has 168 valence electrons. The third-order valence-corrected chi connectivity index (χ3v) is 5.48. The van der Waals surface area contributed by atoms with Crippen LogP contribution in [0.4, 0.5) is 4.39 Å². The molecule has 2 aromatic carbocycles. The molecule has 1 aromatic heterocycles. The average molecular weight is 448 g/mol. The molecule has 1 saturated heterocycles. The summed E-state index contributed by atoms with van der Waals surface area (Å²) in [4.78, 5) is 31.4. The molecule has 3 aromatic rings. The third kappa shape index (κ3) is 4.03. The number of aromatic nitrogens is 1. The minimum atomic E-state index is -1.14. The number of benzene rings is 2. The first-order chi connectivity index (χ1) is 16.0. The maximum Gasteiger partial charge on any atom is 0.295 e. The van der Waals surface area contributed by atoms with Crippen LogP contribution in [0.1, 0.15) is 22.7 Å². The number of carbonyl (C=O) groups is 2. The second-order valence-electron chi connectivity index (χ2n) is 7.38. The fraction of sp³-hybridized carbons (Fsp3) is 0.160. The number of amides is 1. The number of likely N-dealkylation sites (tertiary alicyclic amines) is 1. The molecule has 33 heavy (non-hydrogen) atoms. The number of pyridine rings is 1. The highest BCUT2D eigenvalue weighted by Crippen LogP contribution is 2.42. The molecular weight excluding hydrogens is 427 g/mol. The van der Waals surface area contributed by atoms with E-state index in [0.29, 0.717) is 11.3 Å². The maximum atomic E-state index is 14.9. The molecular formula is C25H21FN2O5. The van der Waals surface area contributed by atoms with Gasteiger partial charge in [0.05, 0.1) is 31.4 Å². The Balaban J connectivity index is 1.91. The van der Waals surface area contributed by atoms with E-state index >= 15 is 0 Å². The average Bonchev–Trinajstić information content (AvgIpc) is 3.09. The molecule has 1 atom stereocenters. The zero-order chi connectivity index (χ0) is 23.5. The van der Waals surface area contributed by atoms with Crippen LogP contribution in [-0.4, -0.2) is 40.9 Å². The van der Waals surface area contributed by atoms with Crippen molar-refractivity contribution in [1.82, 2.24) is 9.88 Å². The number of ether oxygens (including phenoxy) is 2. The zero-order valence-electron chi connectivity index (χ0n) is 18.0. The fourth-order valence-corrected chi connectivity index (χ4v) is 3.89. The Bertz CT molecular complexity index is 1240. The highest BCUT2D eigenvalue weighted by Gasteiger charge is 2.47. The Labute approximate surface area is 189 Å². The predicted molar refractivity (Wildman–Crippen MR) is 118 cm³/mol. The molecule has 0 saturated carbocycles. The molecule has 0 spiro atoms. The largest absolute Gasteiger partial charge is 0.507 e. The molecule has 1 aliphatic rings. The van der Waals surface area contributed by atoms with Crippen molar-refractivity contribution < 1.29 is 28.6 Å². The van der Waals surface area contributed by atoms with E-state index in [1.165, 1.54) is 43.4 Å². The van der Waals surface area contributed by atoms with Crippen LogP contribution < -0.4 is 9.47 Å². The lowest BCUT2D eigenvalue weighted by molar-refractivity contribution is -0.140. The van der Waals surface area contributed by atoms with Crippen LogP contribution >= 0.6 is 0 Å². The van der Waals surface area contributed by atoms with E-state index in [-0.39, 0.29) is 29.0 Å². The van der Waals surface area contributed by atoms with Crippen molar-refractivity contribution in [2.24, 2.45) is 0 Å². The van der Waals surface area contributed by atoms with Gasteiger partial charge in [0.25, 0.3) is 11.7 Å². The van der Waals surface area contributed by atoms with Crippen LogP contribution in [0.5, 0.6) is 11.5 Å². The van der Waals surface area contributed by atoms with E-state index in [1.54, 1.807) is 42.7 Å². The van der Waals surface area contributed by atoms with E-state index in [1.807, 2.05) is 0 Å². The summed E-state index contributed by atoms with van der Waals surface area (Å²) in [7, 11) is 2.89. The van der Waals surface area contributed by atoms with E-state index in [9.17, 15) is 19.1 Å². The lowest BCUT2D eigenvalue weighted by Gasteiger charge is -2.25. The molecule has 0 aliphatic carbocycles. The summed E-state index contributed by atoms with van der Waals surface area (Å²) in [5.74, 6) is -2.12. The van der Waals surface area contributed by atoms with Gasteiger partial charge in [0.15, 0.2) is 0 Å². The molecule has 4 rings (SSSR count). The second-order valence-corrected chi connectivity index (χ2v) is 7.38. The number of rotatable bonds is 6. The fourth-order valence-electron chi connectivity index (χ4n) is 3.89. The summed E-state index contributed by atoms with van der Waals surface area (Å²) >= 11 is 0. The van der Waals surface area contributed by atoms with Crippen molar-refractivity contribution in [3.05, 3.63) is 95.1 Å². The van der Waals surface area contributed by atoms with Crippen LogP contribution in [-0.2, 0) is 16.1 Å². The molecule has 1 N–H and O–H groups in total. The van der Waals surface area contributed by atoms with Gasteiger partial charge in [-0.1, -0.05) is 24.3 Å². The number of hydrogen-bond donors (Lipinski definition) is 1. The number of halogens is 1. The summed E-state index contributed by atoms with van der Waals surface area (Å²) in [5, 5.41) is 11.2. The maximum absolute atomic E-state index is 14.9. The topological polar surface area (TPSA) is 89.0 Å². The van der Waals surface area contributed by atoms with Crippen molar-refractivity contribution in [3.63, 3.8) is 0 Å². The zero-order valence-corrected chi connectivity index (χ0v) is 18.0. The van der Waals surface area contributed by atoms with Crippen LogP contribution in [0.25, 0.3) is 5.76 Å². The molecule has 0 bridgehead atoms. The molecule has 0 radical (unpaired) electrons. The molecule has 1 fully saturated rings. The Morgan fingerprint density at radius 1 is 1.09 bits per heavy atom. The van der Waals surface area contributed by atoms with Crippen LogP contribution in [0, 0.1) is 5.82 Å². The van der Waals surface area contributed by atoms with Crippen LogP contribution in [0.3, 0.4) is 0 Å². The summed E-state index contributed by atoms with van der Waals surface area (Å²) < 4.78 is 25.4. The Morgan fingerprint density at radius 2 is 1.88 bits per heavy atom. The van der Waals surface area contributed by atoms with Gasteiger partial charge in [0.1, 0.15) is 23.1 Å². The number of aliphatic hydroxyl groups excluding tert-OH is 1. The Hall–Kier alpha value is -4.20. The molecule has 8 heteroatoms. The Kier molecular flexibility index (Phi) is 6.08. The number of nitrogens with zero attached hydrogens (tertiary/aromatic N) is 2. The van der Waals surface area contributed by atoms with Crippen LogP contribution in [0.2, 0.25) is 0 Å². The van der Waals surface area contributed by atoms with Gasteiger partial charge < -0.3 is 19.5 Å². The van der Waals surface area contributed by atoms with Crippen molar-refractivity contribution in [2.45, 2.75) is 12.6 Å². The highest BCUT2D eigenvalue weighted by atomic mass is 19.1. The van der Waals surface area contributed by atoms with Gasteiger partial charge in [-0.05, 0) is 29.8 Å².